The zero-order valence-electron chi connectivity index (χ0n) is 35.9. The van der Waals surface area contributed by atoms with Gasteiger partial charge in [0, 0.05) is 19.2 Å². The van der Waals surface area contributed by atoms with E-state index < -0.39 is 0 Å². The summed E-state index contributed by atoms with van der Waals surface area (Å²) in [5.41, 5.74) is 1.28. The molecule has 0 bridgehead atoms. The van der Waals surface area contributed by atoms with Crippen LogP contribution in [0.5, 0.6) is 0 Å². The Balaban J connectivity index is 1.40. The molecule has 0 aliphatic rings. The van der Waals surface area contributed by atoms with E-state index in [2.05, 4.69) is 71.7 Å². The van der Waals surface area contributed by atoms with Gasteiger partial charge < -0.3 is 9.47 Å². The molecule has 58 heavy (non-hydrogen) atoms. The van der Waals surface area contributed by atoms with Gasteiger partial charge in [-0.05, 0) is 93.6 Å². The van der Waals surface area contributed by atoms with Crippen LogP contribution < -0.4 is 0 Å². The summed E-state index contributed by atoms with van der Waals surface area (Å²) in [4.78, 5) is 31.4. The van der Waals surface area contributed by atoms with Crippen molar-refractivity contribution in [3.8, 4) is 19.5 Å². The summed E-state index contributed by atoms with van der Waals surface area (Å²) in [6.07, 6.45) is 29.9. The van der Waals surface area contributed by atoms with Crippen LogP contribution in [0.3, 0.4) is 0 Å². The first-order chi connectivity index (χ1) is 28.3. The predicted molar refractivity (Wildman–Crippen MR) is 263 cm³/mol. The number of thiophene rings is 4. The van der Waals surface area contributed by atoms with E-state index in [1.54, 1.807) is 45.3 Å². The lowest BCUT2D eigenvalue weighted by Gasteiger charge is -2.17. The van der Waals surface area contributed by atoms with Crippen molar-refractivity contribution in [2.24, 2.45) is 11.8 Å². The number of fused-ring (bicyclic) bond motifs is 1. The summed E-state index contributed by atoms with van der Waals surface area (Å²) in [6, 6.07) is 8.25. The van der Waals surface area contributed by atoms with Crippen molar-refractivity contribution in [3.63, 3.8) is 0 Å². The Labute approximate surface area is 383 Å². The fraction of sp³-hybridized carbons (Fsp3) is 0.667. The lowest BCUT2D eigenvalue weighted by molar-refractivity contribution is 0.0415. The third kappa shape index (κ3) is 17.0. The molecular weight excluding hydrogens is 929 g/mol. The van der Waals surface area contributed by atoms with Crippen LogP contribution in [0.4, 0.5) is 0 Å². The maximum Gasteiger partial charge on any atom is 0.339 e. The van der Waals surface area contributed by atoms with Crippen molar-refractivity contribution in [2.45, 2.75) is 182 Å². The van der Waals surface area contributed by atoms with Crippen molar-refractivity contribution in [3.05, 3.63) is 43.0 Å². The van der Waals surface area contributed by atoms with Crippen molar-refractivity contribution < 1.29 is 19.1 Å². The van der Waals surface area contributed by atoms with Gasteiger partial charge in [-0.3, -0.25) is 0 Å². The average molecular weight is 999 g/mol. The molecule has 0 saturated carbocycles. The predicted octanol–water partition coefficient (Wildman–Crippen LogP) is 18.9. The van der Waals surface area contributed by atoms with Crippen LogP contribution in [-0.2, 0) is 9.47 Å². The standard InChI is InChI=1S/C48H70Br2O4S4/c1-5-9-13-17-19-23-27-35(25-21-15-11-7-3)33-53-47(51)37-29-43(49)57-45(37)41-31-39-40(55-41)32-42(56-39)46-38(30-44(50)58-46)48(52)54-34-36(26-22-16-12-8-4)28-24-20-18-14-10-6-2/h29-32,35-36H,5-28,33-34H2,1-4H3. The number of hydrogen-bond donors (Lipinski definition) is 0. The van der Waals surface area contributed by atoms with Crippen LogP contribution in [0.2, 0.25) is 0 Å². The lowest BCUT2D eigenvalue weighted by Crippen LogP contribution is -2.15. The molecule has 0 aliphatic heterocycles. The molecule has 324 valence electrons. The van der Waals surface area contributed by atoms with Gasteiger partial charge in [-0.1, -0.05) is 156 Å². The average Bonchev–Trinajstić information content (AvgIpc) is 4.00. The van der Waals surface area contributed by atoms with E-state index >= 15 is 0 Å². The Morgan fingerprint density at radius 3 is 1.12 bits per heavy atom. The largest absolute Gasteiger partial charge is 0.462 e. The fourth-order valence-corrected chi connectivity index (χ4v) is 13.6. The van der Waals surface area contributed by atoms with Crippen LogP contribution >= 0.6 is 77.2 Å². The maximum absolute atomic E-state index is 13.7. The number of carbonyl (C=O) groups excluding carboxylic acids is 2. The molecule has 0 radical (unpaired) electrons. The number of esters is 2. The highest BCUT2D eigenvalue weighted by Crippen LogP contribution is 2.48. The molecule has 0 saturated heterocycles. The molecule has 0 aliphatic carbocycles. The van der Waals surface area contributed by atoms with Gasteiger partial charge in [0.15, 0.2) is 0 Å². The van der Waals surface area contributed by atoms with Gasteiger partial charge in [0.2, 0.25) is 0 Å². The third-order valence-electron chi connectivity index (χ3n) is 11.3. The first-order valence-corrected chi connectivity index (χ1v) is 27.6. The topological polar surface area (TPSA) is 52.6 Å². The number of rotatable bonds is 32. The summed E-state index contributed by atoms with van der Waals surface area (Å²) in [6.45, 7) is 10.0. The molecule has 0 aromatic carbocycles. The van der Waals surface area contributed by atoms with E-state index in [-0.39, 0.29) is 11.9 Å². The van der Waals surface area contributed by atoms with E-state index in [1.807, 2.05) is 12.1 Å². The normalized spacial score (nSPS) is 12.7. The minimum Gasteiger partial charge on any atom is -0.462 e. The molecule has 0 spiro atoms. The first kappa shape index (κ1) is 49.6. The van der Waals surface area contributed by atoms with Crippen LogP contribution in [0.25, 0.3) is 28.9 Å². The van der Waals surface area contributed by atoms with Crippen LogP contribution in [0.15, 0.2) is 31.8 Å². The quantitative estimate of drug-likeness (QED) is 0.0361. The van der Waals surface area contributed by atoms with Gasteiger partial charge in [-0.2, -0.15) is 0 Å². The molecule has 0 amide bonds. The minimum absolute atomic E-state index is 0.224. The minimum atomic E-state index is -0.224. The Morgan fingerprint density at radius 1 is 0.466 bits per heavy atom. The number of unbranched alkanes of at least 4 members (excludes halogenated alkanes) is 16. The monoisotopic (exact) mass is 996 g/mol. The van der Waals surface area contributed by atoms with Crippen molar-refractivity contribution in [1.82, 2.24) is 0 Å². The maximum atomic E-state index is 13.7. The molecule has 0 N–H and O–H groups in total. The summed E-state index contributed by atoms with van der Waals surface area (Å²) >= 11 is 13.9. The summed E-state index contributed by atoms with van der Waals surface area (Å²) in [5, 5.41) is 0. The Hall–Kier alpha value is -1.04. The van der Waals surface area contributed by atoms with Gasteiger partial charge in [0.1, 0.15) is 0 Å². The Morgan fingerprint density at radius 2 is 0.776 bits per heavy atom. The second kappa shape index (κ2) is 28.5. The van der Waals surface area contributed by atoms with Gasteiger partial charge in [-0.25, -0.2) is 9.59 Å². The zero-order chi connectivity index (χ0) is 41.5. The third-order valence-corrected chi connectivity index (χ3v) is 17.2. The number of ether oxygens (including phenoxy) is 2. The molecular formula is C48H70Br2O4S4. The van der Waals surface area contributed by atoms with E-state index in [0.29, 0.717) is 36.2 Å². The number of carbonyl (C=O) groups is 2. The van der Waals surface area contributed by atoms with Gasteiger partial charge in [0.25, 0.3) is 0 Å². The molecule has 2 unspecified atom stereocenters. The van der Waals surface area contributed by atoms with Crippen LogP contribution in [0, 0.1) is 11.8 Å². The first-order valence-electron chi connectivity index (χ1n) is 22.7. The molecule has 10 heteroatoms. The highest BCUT2D eigenvalue weighted by molar-refractivity contribution is 9.11. The lowest BCUT2D eigenvalue weighted by atomic mass is 9.95. The molecule has 4 aromatic heterocycles. The molecule has 4 rings (SSSR count). The number of halogens is 2. The smallest absolute Gasteiger partial charge is 0.339 e. The van der Waals surface area contributed by atoms with Crippen molar-refractivity contribution in [1.29, 1.82) is 0 Å². The highest BCUT2D eigenvalue weighted by atomic mass is 79.9. The van der Waals surface area contributed by atoms with Crippen molar-refractivity contribution in [2.75, 3.05) is 13.2 Å². The Bertz CT molecular complexity index is 1600. The number of hydrogen-bond acceptors (Lipinski definition) is 8. The summed E-state index contributed by atoms with van der Waals surface area (Å²) < 4.78 is 16.4. The summed E-state index contributed by atoms with van der Waals surface area (Å²) in [7, 11) is 0. The van der Waals surface area contributed by atoms with Gasteiger partial charge in [-0.15, -0.1) is 45.3 Å². The van der Waals surface area contributed by atoms with Crippen LogP contribution in [-0.4, -0.2) is 25.2 Å². The van der Waals surface area contributed by atoms with E-state index in [9.17, 15) is 9.59 Å². The van der Waals surface area contributed by atoms with E-state index in [1.165, 1.54) is 128 Å². The van der Waals surface area contributed by atoms with E-state index in [0.717, 1.165) is 62.2 Å². The van der Waals surface area contributed by atoms with Crippen LogP contribution in [0.1, 0.15) is 203 Å². The molecule has 4 nitrogen and oxygen atoms in total. The van der Waals surface area contributed by atoms with Gasteiger partial charge >= 0.3 is 11.9 Å². The molecule has 4 aromatic rings. The molecule has 4 heterocycles. The second-order valence-corrected chi connectivity index (χ2v) is 23.3. The molecule has 2 atom stereocenters. The zero-order valence-corrected chi connectivity index (χ0v) is 42.3. The van der Waals surface area contributed by atoms with E-state index in [4.69, 9.17) is 9.47 Å². The van der Waals surface area contributed by atoms with Gasteiger partial charge in [0.05, 0.1) is 41.7 Å². The fourth-order valence-electron chi connectivity index (χ4n) is 7.76. The second-order valence-electron chi connectivity index (χ2n) is 16.3. The summed E-state index contributed by atoms with van der Waals surface area (Å²) in [5.74, 6) is 0.393. The van der Waals surface area contributed by atoms with Crippen molar-refractivity contribution >= 4 is 98.5 Å². The molecule has 0 fully saturated rings. The Kier molecular flexibility index (Phi) is 24.4. The SMILES string of the molecule is CCCCCCCCC(CCCCCC)COC(=O)c1cc(Br)sc1-c1cc2sc(-c3sc(Br)cc3C(=O)OCC(CCCCCC)CCCCCCCC)cc2s1. The highest BCUT2D eigenvalue weighted by Gasteiger charge is 2.25.